The molecule has 1 unspecified atom stereocenters. The number of fused-ring (bicyclic) bond motifs is 1. The first-order chi connectivity index (χ1) is 13.5. The first-order valence-electron chi connectivity index (χ1n) is 9.17. The number of amides is 1. The molecular formula is C21H22N2O4S. The topological polar surface area (TPSA) is 71.8 Å². The molecule has 6 nitrogen and oxygen atoms in total. The summed E-state index contributed by atoms with van der Waals surface area (Å²) in [5.41, 5.74) is 1.58. The monoisotopic (exact) mass is 398 g/mol. The highest BCUT2D eigenvalue weighted by molar-refractivity contribution is 7.83. The third-order valence-electron chi connectivity index (χ3n) is 4.65. The Bertz CT molecular complexity index is 1040. The third-order valence-corrected chi connectivity index (χ3v) is 5.76. The Labute approximate surface area is 166 Å². The zero-order chi connectivity index (χ0) is 19.7. The molecule has 7 heteroatoms. The summed E-state index contributed by atoms with van der Waals surface area (Å²) >= 11 is 0. The lowest BCUT2D eigenvalue weighted by Gasteiger charge is -2.11. The van der Waals surface area contributed by atoms with Crippen LogP contribution in [0.4, 0.5) is 5.69 Å². The zero-order valence-electron chi connectivity index (χ0n) is 15.8. The smallest absolute Gasteiger partial charge is 0.298 e. The van der Waals surface area contributed by atoms with Crippen molar-refractivity contribution in [2.24, 2.45) is 5.92 Å². The minimum atomic E-state index is -1.75. The number of carbonyl (C=O) groups is 1. The second kappa shape index (κ2) is 7.67. The van der Waals surface area contributed by atoms with Gasteiger partial charge in [-0.1, -0.05) is 12.1 Å². The summed E-state index contributed by atoms with van der Waals surface area (Å²) in [6.07, 6.45) is 2.34. The summed E-state index contributed by atoms with van der Waals surface area (Å²) < 4.78 is 26.7. The maximum atomic E-state index is 12.7. The number of hydrogen-bond acceptors (Lipinski definition) is 5. The molecule has 1 amide bonds. The van der Waals surface area contributed by atoms with Gasteiger partial charge in [0, 0.05) is 31.2 Å². The fraction of sp³-hybridized carbons (Fsp3) is 0.286. The van der Waals surface area contributed by atoms with Crippen molar-refractivity contribution in [3.63, 3.8) is 0 Å². The lowest BCUT2D eigenvalue weighted by Crippen LogP contribution is -2.25. The van der Waals surface area contributed by atoms with Crippen molar-refractivity contribution < 1.29 is 18.2 Å². The highest BCUT2D eigenvalue weighted by Crippen LogP contribution is 2.31. The second-order valence-electron chi connectivity index (χ2n) is 7.13. The molecule has 146 valence electrons. The van der Waals surface area contributed by atoms with Crippen LogP contribution in [0.1, 0.15) is 23.4 Å². The number of rotatable bonds is 7. The van der Waals surface area contributed by atoms with E-state index in [2.05, 4.69) is 4.72 Å². The number of hydrogen-bond donors (Lipinski definition) is 1. The van der Waals surface area contributed by atoms with E-state index in [1.165, 1.54) is 12.8 Å². The van der Waals surface area contributed by atoms with Gasteiger partial charge in [-0.25, -0.2) is 4.21 Å². The summed E-state index contributed by atoms with van der Waals surface area (Å²) in [7, 11) is 2.12. The predicted octanol–water partition coefficient (Wildman–Crippen LogP) is 3.74. The normalized spacial score (nSPS) is 14.6. The van der Waals surface area contributed by atoms with E-state index in [9.17, 15) is 9.00 Å². The summed E-state index contributed by atoms with van der Waals surface area (Å²) in [6.45, 7) is 0.611. The van der Waals surface area contributed by atoms with Crippen molar-refractivity contribution >= 4 is 33.5 Å². The quantitative estimate of drug-likeness (QED) is 0.656. The zero-order valence-corrected chi connectivity index (χ0v) is 16.6. The minimum Gasteiger partial charge on any atom is -0.492 e. The molecule has 1 atom stereocenters. The molecule has 3 aromatic rings. The lowest BCUT2D eigenvalue weighted by molar-refractivity contribution is 0.0958. The van der Waals surface area contributed by atoms with E-state index in [1.54, 1.807) is 24.3 Å². The van der Waals surface area contributed by atoms with Gasteiger partial charge in [0.25, 0.3) is 5.91 Å². The fourth-order valence-corrected chi connectivity index (χ4v) is 3.70. The van der Waals surface area contributed by atoms with Crippen molar-refractivity contribution in [1.29, 1.82) is 0 Å². The van der Waals surface area contributed by atoms with Gasteiger partial charge in [-0.2, -0.15) is 0 Å². The highest BCUT2D eigenvalue weighted by Gasteiger charge is 2.23. The van der Waals surface area contributed by atoms with Gasteiger partial charge >= 0.3 is 0 Å². The molecule has 1 aliphatic carbocycles. The van der Waals surface area contributed by atoms with E-state index in [0.717, 1.165) is 11.1 Å². The molecular weight excluding hydrogens is 376 g/mol. The molecule has 1 aliphatic rings. The van der Waals surface area contributed by atoms with Crippen molar-refractivity contribution in [3.05, 3.63) is 54.3 Å². The first-order valence-corrected chi connectivity index (χ1v) is 10.3. The van der Waals surface area contributed by atoms with Crippen LogP contribution in [0.5, 0.6) is 5.75 Å². The van der Waals surface area contributed by atoms with Crippen LogP contribution in [0.2, 0.25) is 0 Å². The number of nitrogens with zero attached hydrogens (tertiary/aromatic N) is 1. The molecule has 0 bridgehead atoms. The summed E-state index contributed by atoms with van der Waals surface area (Å²) in [5, 5.41) is 0.815. The number of nitrogens with one attached hydrogen (secondary N) is 1. The predicted molar refractivity (Wildman–Crippen MR) is 109 cm³/mol. The number of carbonyl (C=O) groups excluding carboxylic acids is 1. The molecule has 1 N–H and O–H groups in total. The second-order valence-corrected chi connectivity index (χ2v) is 8.31. The third kappa shape index (κ3) is 4.04. The maximum absolute atomic E-state index is 12.7. The Morgan fingerprint density at radius 3 is 2.75 bits per heavy atom. The first kappa shape index (κ1) is 18.6. The molecule has 2 aromatic carbocycles. The van der Waals surface area contributed by atoms with E-state index in [-0.39, 0.29) is 5.76 Å². The van der Waals surface area contributed by atoms with Crippen LogP contribution in [-0.2, 0) is 11.0 Å². The van der Waals surface area contributed by atoms with Gasteiger partial charge in [-0.15, -0.1) is 0 Å². The van der Waals surface area contributed by atoms with Crippen LogP contribution in [-0.4, -0.2) is 30.8 Å². The van der Waals surface area contributed by atoms with Gasteiger partial charge < -0.3 is 14.1 Å². The van der Waals surface area contributed by atoms with E-state index in [4.69, 9.17) is 9.15 Å². The largest absolute Gasteiger partial charge is 0.492 e. The molecule has 0 spiro atoms. The van der Waals surface area contributed by atoms with Crippen LogP contribution >= 0.6 is 0 Å². The van der Waals surface area contributed by atoms with Crippen molar-refractivity contribution in [2.75, 3.05) is 25.6 Å². The van der Waals surface area contributed by atoms with Crippen LogP contribution in [0.25, 0.3) is 11.0 Å². The van der Waals surface area contributed by atoms with Crippen molar-refractivity contribution in [2.45, 2.75) is 17.7 Å². The summed E-state index contributed by atoms with van der Waals surface area (Å²) in [6, 6.07) is 14.4. The van der Waals surface area contributed by atoms with Crippen molar-refractivity contribution in [1.82, 2.24) is 4.72 Å². The van der Waals surface area contributed by atoms with Gasteiger partial charge in [-0.3, -0.25) is 9.52 Å². The van der Waals surface area contributed by atoms with Gasteiger partial charge in [-0.05, 0) is 49.1 Å². The molecule has 4 rings (SSSR count). The van der Waals surface area contributed by atoms with E-state index >= 15 is 0 Å². The Morgan fingerprint density at radius 1 is 1.21 bits per heavy atom. The van der Waals surface area contributed by atoms with Crippen LogP contribution in [0, 0.1) is 5.92 Å². The minimum absolute atomic E-state index is 0.121. The number of benzene rings is 2. The van der Waals surface area contributed by atoms with E-state index in [0.29, 0.717) is 28.8 Å². The van der Waals surface area contributed by atoms with Gasteiger partial charge in [0.05, 0.1) is 6.61 Å². The SMILES string of the molecule is CN(C)c1ccc2cc(C(=O)NS(=O)c3ccccc3OCC3CC3)oc2c1. The Balaban J connectivity index is 1.50. The van der Waals surface area contributed by atoms with Gasteiger partial charge in [0.15, 0.2) is 16.7 Å². The average Bonchev–Trinajstić information content (AvgIpc) is 3.42. The Hall–Kier alpha value is -2.80. The number of ether oxygens (including phenoxy) is 1. The Morgan fingerprint density at radius 2 is 2.00 bits per heavy atom. The Kier molecular flexibility index (Phi) is 5.09. The molecule has 1 aromatic heterocycles. The molecule has 0 aliphatic heterocycles. The standard InChI is InChI=1S/C21H22N2O4S/c1-23(2)16-10-9-15-11-19(27-18(15)12-16)21(24)22-28(25)20-6-4-3-5-17(20)26-13-14-7-8-14/h3-6,9-12,14H,7-8,13H2,1-2H3,(H,22,24). The number of furan rings is 1. The molecule has 28 heavy (non-hydrogen) atoms. The summed E-state index contributed by atoms with van der Waals surface area (Å²) in [5.74, 6) is 0.709. The van der Waals surface area contributed by atoms with Crippen LogP contribution in [0.15, 0.2) is 57.8 Å². The van der Waals surface area contributed by atoms with Crippen molar-refractivity contribution in [3.8, 4) is 5.75 Å². The molecule has 1 fully saturated rings. The van der Waals surface area contributed by atoms with Crippen LogP contribution < -0.4 is 14.4 Å². The molecule has 0 radical (unpaired) electrons. The fourth-order valence-electron chi connectivity index (χ4n) is 2.81. The highest BCUT2D eigenvalue weighted by atomic mass is 32.2. The molecule has 1 saturated carbocycles. The molecule has 0 saturated heterocycles. The van der Waals surface area contributed by atoms with E-state index < -0.39 is 16.9 Å². The maximum Gasteiger partial charge on any atom is 0.298 e. The summed E-state index contributed by atoms with van der Waals surface area (Å²) in [4.78, 5) is 15.0. The van der Waals surface area contributed by atoms with Gasteiger partial charge in [0.2, 0.25) is 0 Å². The number of anilines is 1. The van der Waals surface area contributed by atoms with Crippen LogP contribution in [0.3, 0.4) is 0 Å². The lowest BCUT2D eigenvalue weighted by atomic mass is 10.2. The molecule has 1 heterocycles. The number of para-hydroxylation sites is 1. The van der Waals surface area contributed by atoms with Gasteiger partial charge in [0.1, 0.15) is 16.2 Å². The van der Waals surface area contributed by atoms with E-state index in [1.807, 2.05) is 43.3 Å². The average molecular weight is 398 g/mol.